The predicted octanol–water partition coefficient (Wildman–Crippen LogP) is 11.0. The van der Waals surface area contributed by atoms with Gasteiger partial charge in [-0.05, 0) is 95.3 Å². The maximum atomic E-state index is 10.5. The summed E-state index contributed by atoms with van der Waals surface area (Å²) in [7, 11) is 1.70. The van der Waals surface area contributed by atoms with Crippen LogP contribution in [0.25, 0.3) is 76.5 Å². The summed E-state index contributed by atoms with van der Waals surface area (Å²) in [6, 6.07) is 51.1. The minimum absolute atomic E-state index is 0.304. The summed E-state index contributed by atoms with van der Waals surface area (Å²) >= 11 is 0. The first-order chi connectivity index (χ1) is 21.2. The Morgan fingerprint density at radius 2 is 0.814 bits per heavy atom. The van der Waals surface area contributed by atoms with E-state index in [1.807, 2.05) is 30.3 Å². The Labute approximate surface area is 250 Å². The summed E-state index contributed by atoms with van der Waals surface area (Å²) in [5, 5.41) is 19.6. The lowest BCUT2D eigenvalue weighted by Gasteiger charge is -2.17. The van der Waals surface area contributed by atoms with Crippen LogP contribution in [-0.2, 0) is 0 Å². The van der Waals surface area contributed by atoms with Gasteiger partial charge < -0.3 is 9.84 Å². The third-order valence-corrected chi connectivity index (χ3v) is 8.69. The van der Waals surface area contributed by atoms with E-state index in [-0.39, 0.29) is 0 Å². The molecule has 0 saturated heterocycles. The van der Waals surface area contributed by atoms with Gasteiger partial charge in [-0.2, -0.15) is 0 Å². The highest BCUT2D eigenvalue weighted by atomic mass is 16.5. The van der Waals surface area contributed by atoms with E-state index < -0.39 is 0 Å². The average Bonchev–Trinajstić information content (AvgIpc) is 3.07. The summed E-state index contributed by atoms with van der Waals surface area (Å²) in [4.78, 5) is 0. The van der Waals surface area contributed by atoms with E-state index in [2.05, 4.69) is 109 Å². The van der Waals surface area contributed by atoms with Crippen molar-refractivity contribution >= 4 is 43.1 Å². The lowest BCUT2D eigenvalue weighted by Crippen LogP contribution is -1.90. The van der Waals surface area contributed by atoms with Crippen molar-refractivity contribution in [1.82, 2.24) is 0 Å². The van der Waals surface area contributed by atoms with Gasteiger partial charge >= 0.3 is 0 Å². The van der Waals surface area contributed by atoms with Crippen molar-refractivity contribution in [1.29, 1.82) is 0 Å². The molecule has 0 aliphatic carbocycles. The second-order valence-corrected chi connectivity index (χ2v) is 11.0. The predicted molar refractivity (Wildman–Crippen MR) is 181 cm³/mol. The zero-order valence-electron chi connectivity index (χ0n) is 23.7. The molecule has 8 rings (SSSR count). The minimum atomic E-state index is 0.304. The first-order valence-corrected chi connectivity index (χ1v) is 14.5. The van der Waals surface area contributed by atoms with Crippen LogP contribution in [0.3, 0.4) is 0 Å². The molecule has 0 unspecified atom stereocenters. The zero-order chi connectivity index (χ0) is 28.9. The van der Waals surface area contributed by atoms with Crippen LogP contribution < -0.4 is 4.74 Å². The molecular weight excluding hydrogens is 524 g/mol. The molecule has 43 heavy (non-hydrogen) atoms. The standard InChI is InChI=1S/C41H28O2/c1-43-29-17-16-26-24-28(15-14-27(26)25-29)30-18-19-36(32-9-3-2-8-31(30)32)37-20-21-38(34-11-5-4-10-33(34)37)39-22-23-41(42)40-13-7-6-12-35(39)40/h2-25,42H,1H3. The van der Waals surface area contributed by atoms with Crippen molar-refractivity contribution in [2.45, 2.75) is 0 Å². The Hall–Kier alpha value is -5.60. The molecule has 0 aromatic heterocycles. The molecule has 0 heterocycles. The second-order valence-electron chi connectivity index (χ2n) is 11.0. The Kier molecular flexibility index (Phi) is 5.87. The van der Waals surface area contributed by atoms with Crippen LogP contribution in [0.15, 0.2) is 146 Å². The molecule has 0 spiro atoms. The Morgan fingerprint density at radius 1 is 0.395 bits per heavy atom. The van der Waals surface area contributed by atoms with E-state index in [1.165, 1.54) is 49.2 Å². The van der Waals surface area contributed by atoms with Crippen LogP contribution in [0.2, 0.25) is 0 Å². The number of methoxy groups -OCH3 is 1. The fraction of sp³-hybridized carbons (Fsp3) is 0.0244. The molecule has 2 nitrogen and oxygen atoms in total. The molecule has 0 atom stereocenters. The van der Waals surface area contributed by atoms with Crippen molar-refractivity contribution in [3.63, 3.8) is 0 Å². The fourth-order valence-electron chi connectivity index (χ4n) is 6.59. The molecule has 0 bridgehead atoms. The van der Waals surface area contributed by atoms with E-state index in [1.54, 1.807) is 13.2 Å². The van der Waals surface area contributed by atoms with E-state index in [4.69, 9.17) is 4.74 Å². The van der Waals surface area contributed by atoms with Gasteiger partial charge in [-0.1, -0.05) is 121 Å². The highest BCUT2D eigenvalue weighted by Crippen LogP contribution is 2.43. The molecule has 1 N–H and O–H groups in total. The van der Waals surface area contributed by atoms with E-state index in [9.17, 15) is 5.11 Å². The molecule has 0 fully saturated rings. The number of phenolic OH excluding ortho intramolecular Hbond substituents is 1. The molecule has 8 aromatic carbocycles. The lowest BCUT2D eigenvalue weighted by molar-refractivity contribution is 0.415. The molecule has 0 amide bonds. The van der Waals surface area contributed by atoms with Crippen molar-refractivity contribution in [3.05, 3.63) is 146 Å². The molecule has 0 saturated carbocycles. The SMILES string of the molecule is COc1ccc2cc(-c3ccc(-c4ccc(-c5ccc(O)c6ccccc56)c5ccccc45)c4ccccc34)ccc2c1. The number of benzene rings is 8. The number of aromatic hydroxyl groups is 1. The normalized spacial score (nSPS) is 11.5. The van der Waals surface area contributed by atoms with Gasteiger partial charge in [-0.3, -0.25) is 0 Å². The van der Waals surface area contributed by atoms with E-state index in [0.717, 1.165) is 33.0 Å². The molecular formula is C41H28O2. The molecule has 0 aliphatic rings. The van der Waals surface area contributed by atoms with Gasteiger partial charge in [-0.15, -0.1) is 0 Å². The third kappa shape index (κ3) is 4.11. The van der Waals surface area contributed by atoms with Crippen LogP contribution >= 0.6 is 0 Å². The van der Waals surface area contributed by atoms with Gasteiger partial charge in [0.2, 0.25) is 0 Å². The molecule has 0 aliphatic heterocycles. The summed E-state index contributed by atoms with van der Waals surface area (Å²) in [5.41, 5.74) is 7.10. The first kappa shape index (κ1) is 25.1. The number of hydrogen-bond donors (Lipinski definition) is 1. The number of fused-ring (bicyclic) bond motifs is 4. The summed E-state index contributed by atoms with van der Waals surface area (Å²) in [6.07, 6.45) is 0. The van der Waals surface area contributed by atoms with Gasteiger partial charge in [0.15, 0.2) is 0 Å². The van der Waals surface area contributed by atoms with Crippen molar-refractivity contribution in [2.24, 2.45) is 0 Å². The summed E-state index contributed by atoms with van der Waals surface area (Å²) in [6.45, 7) is 0. The van der Waals surface area contributed by atoms with Crippen molar-refractivity contribution < 1.29 is 9.84 Å². The van der Waals surface area contributed by atoms with Crippen LogP contribution in [0, 0.1) is 0 Å². The number of phenols is 1. The maximum absolute atomic E-state index is 10.5. The molecule has 204 valence electrons. The minimum Gasteiger partial charge on any atom is -0.507 e. The topological polar surface area (TPSA) is 29.5 Å². The van der Waals surface area contributed by atoms with Crippen LogP contribution in [-0.4, -0.2) is 12.2 Å². The first-order valence-electron chi connectivity index (χ1n) is 14.5. The van der Waals surface area contributed by atoms with Gasteiger partial charge in [0.25, 0.3) is 0 Å². The summed E-state index contributed by atoms with van der Waals surface area (Å²) < 4.78 is 5.43. The largest absolute Gasteiger partial charge is 0.507 e. The smallest absolute Gasteiger partial charge is 0.123 e. The maximum Gasteiger partial charge on any atom is 0.123 e. The Balaban J connectivity index is 1.32. The van der Waals surface area contributed by atoms with Crippen LogP contribution in [0.1, 0.15) is 0 Å². The molecule has 8 aromatic rings. The van der Waals surface area contributed by atoms with Crippen molar-refractivity contribution in [2.75, 3.05) is 7.11 Å². The molecule has 0 radical (unpaired) electrons. The highest BCUT2D eigenvalue weighted by molar-refractivity contribution is 6.14. The van der Waals surface area contributed by atoms with Gasteiger partial charge in [-0.25, -0.2) is 0 Å². The third-order valence-electron chi connectivity index (χ3n) is 8.69. The fourth-order valence-corrected chi connectivity index (χ4v) is 6.59. The van der Waals surface area contributed by atoms with Gasteiger partial charge in [0, 0.05) is 5.39 Å². The monoisotopic (exact) mass is 552 g/mol. The second kappa shape index (κ2) is 10.0. The number of hydrogen-bond acceptors (Lipinski definition) is 2. The van der Waals surface area contributed by atoms with E-state index in [0.29, 0.717) is 5.75 Å². The van der Waals surface area contributed by atoms with Crippen LogP contribution in [0.5, 0.6) is 11.5 Å². The van der Waals surface area contributed by atoms with E-state index >= 15 is 0 Å². The quantitative estimate of drug-likeness (QED) is 0.235. The number of rotatable bonds is 4. The van der Waals surface area contributed by atoms with Gasteiger partial charge in [0.1, 0.15) is 11.5 Å². The Bertz CT molecular complexity index is 2350. The zero-order valence-corrected chi connectivity index (χ0v) is 23.7. The van der Waals surface area contributed by atoms with Gasteiger partial charge in [0.05, 0.1) is 7.11 Å². The lowest BCUT2D eigenvalue weighted by atomic mass is 9.87. The van der Waals surface area contributed by atoms with Crippen molar-refractivity contribution in [3.8, 4) is 44.9 Å². The number of ether oxygens (including phenoxy) is 1. The average molecular weight is 553 g/mol. The highest BCUT2D eigenvalue weighted by Gasteiger charge is 2.16. The summed E-state index contributed by atoms with van der Waals surface area (Å²) in [5.74, 6) is 1.17. The Morgan fingerprint density at radius 3 is 1.37 bits per heavy atom. The van der Waals surface area contributed by atoms with Crippen LogP contribution in [0.4, 0.5) is 0 Å². The molecule has 2 heteroatoms.